The van der Waals surface area contributed by atoms with Gasteiger partial charge in [0.05, 0.1) is 12.2 Å². The number of aromatic nitrogens is 3. The van der Waals surface area contributed by atoms with Gasteiger partial charge in [0.2, 0.25) is 5.91 Å². The van der Waals surface area contributed by atoms with Crippen molar-refractivity contribution in [2.45, 2.75) is 56.4 Å². The zero-order valence-electron chi connectivity index (χ0n) is 18.9. The molecule has 2 atom stereocenters. The van der Waals surface area contributed by atoms with E-state index in [4.69, 9.17) is 17.8 Å². The van der Waals surface area contributed by atoms with Gasteiger partial charge in [0.1, 0.15) is 11.5 Å². The third kappa shape index (κ3) is 6.11. The number of rotatable bonds is 10. The Bertz CT molecular complexity index is 1050. The molecule has 0 spiro atoms. The van der Waals surface area contributed by atoms with Gasteiger partial charge in [-0.05, 0) is 49.8 Å². The molecule has 2 fully saturated rings. The number of likely N-dealkylation sites (tertiary alicyclic amines) is 1. The first-order valence-electron chi connectivity index (χ1n) is 11.7. The summed E-state index contributed by atoms with van der Waals surface area (Å²) in [6, 6.07) is 5.96. The molecule has 1 aliphatic carbocycles. The van der Waals surface area contributed by atoms with Gasteiger partial charge in [0.15, 0.2) is 5.78 Å². The summed E-state index contributed by atoms with van der Waals surface area (Å²) in [5.74, 6) is -0.629. The molecule has 2 aliphatic rings. The smallest absolute Gasteiger partial charge is 0.243 e. The second-order valence-electron chi connectivity index (χ2n) is 8.99. The van der Waals surface area contributed by atoms with E-state index < -0.39 is 11.9 Å². The Hall–Kier alpha value is -2.56. The molecule has 8 nitrogen and oxygen atoms in total. The molecule has 2 aromatic rings. The summed E-state index contributed by atoms with van der Waals surface area (Å²) in [6.45, 7) is 1.78. The van der Waals surface area contributed by atoms with E-state index in [0.717, 1.165) is 31.3 Å². The number of carbonyl (C=O) groups is 2. The van der Waals surface area contributed by atoms with Crippen molar-refractivity contribution in [2.75, 3.05) is 13.1 Å². The topological polar surface area (TPSA) is 100 Å². The zero-order valence-corrected chi connectivity index (χ0v) is 19.8. The molecule has 4 rings (SSSR count). The Balaban J connectivity index is 1.46. The number of thiol groups is 1. The number of aryl methyl sites for hydroxylation is 1. The highest BCUT2D eigenvalue weighted by atomic mass is 32.1. The molecule has 2 unspecified atom stereocenters. The summed E-state index contributed by atoms with van der Waals surface area (Å²) < 4.78 is 16.4. The van der Waals surface area contributed by atoms with Crippen molar-refractivity contribution in [3.63, 3.8) is 0 Å². The van der Waals surface area contributed by atoms with Crippen LogP contribution in [-0.2, 0) is 16.1 Å². The quantitative estimate of drug-likeness (QED) is 0.206. The maximum Gasteiger partial charge on any atom is 0.243 e. The second-order valence-corrected chi connectivity index (χ2v) is 9.62. The van der Waals surface area contributed by atoms with Crippen molar-refractivity contribution in [2.24, 2.45) is 5.92 Å². The van der Waals surface area contributed by atoms with Crippen molar-refractivity contribution in [1.82, 2.24) is 25.4 Å². The normalized spacial score (nSPS) is 20.9. The van der Waals surface area contributed by atoms with Gasteiger partial charge in [-0.3, -0.25) is 24.4 Å². The molecule has 1 aliphatic heterocycles. The van der Waals surface area contributed by atoms with Gasteiger partial charge in [-0.1, -0.05) is 23.4 Å². The van der Waals surface area contributed by atoms with E-state index >= 15 is 0 Å². The lowest BCUT2D eigenvalue weighted by molar-refractivity contribution is -0.129. The number of carbonyl (C=O) groups excluding carboxylic acids is 2. The summed E-state index contributed by atoms with van der Waals surface area (Å²) in [4.78, 5) is 26.3. The van der Waals surface area contributed by atoms with E-state index in [1.54, 1.807) is 28.4 Å². The van der Waals surface area contributed by atoms with Crippen LogP contribution in [0.15, 0.2) is 36.0 Å². The largest absolute Gasteiger partial charge is 0.297 e. The number of hydroxylamine groups is 1. The van der Waals surface area contributed by atoms with E-state index in [1.807, 2.05) is 12.3 Å². The highest BCUT2D eigenvalue weighted by Crippen LogP contribution is 2.39. The van der Waals surface area contributed by atoms with Gasteiger partial charge in [0.25, 0.3) is 0 Å². The first-order chi connectivity index (χ1) is 16.5. The average molecular weight is 488 g/mol. The van der Waals surface area contributed by atoms with Gasteiger partial charge in [-0.2, -0.15) is 12.6 Å². The molecular formula is C24H30FN5O3S. The number of ketones is 1. The van der Waals surface area contributed by atoms with E-state index in [0.29, 0.717) is 37.3 Å². The fourth-order valence-corrected chi connectivity index (χ4v) is 4.64. The second kappa shape index (κ2) is 11.2. The molecule has 1 aromatic carbocycles. The molecule has 182 valence electrons. The summed E-state index contributed by atoms with van der Waals surface area (Å²) in [7, 11) is 0. The number of piperidine rings is 1. The Morgan fingerprint density at radius 1 is 1.26 bits per heavy atom. The highest BCUT2D eigenvalue weighted by molar-refractivity contribution is 7.81. The van der Waals surface area contributed by atoms with Crippen molar-refractivity contribution in [3.05, 3.63) is 53.1 Å². The SMILES string of the molecule is O=C(CCCCn1cc(C=C2CN(C(C(=O)C3CC3)c3ccccc3F)CCC2S)nn1)NO. The molecule has 1 aromatic heterocycles. The van der Waals surface area contributed by atoms with Crippen LogP contribution in [0.25, 0.3) is 6.08 Å². The van der Waals surface area contributed by atoms with Gasteiger partial charge in [-0.15, -0.1) is 5.10 Å². The number of unbranched alkanes of at least 4 members (excludes halogenated alkanes) is 1. The number of benzene rings is 1. The molecule has 1 saturated heterocycles. The fourth-order valence-electron chi connectivity index (χ4n) is 4.37. The van der Waals surface area contributed by atoms with Gasteiger partial charge >= 0.3 is 0 Å². The number of nitrogens with zero attached hydrogens (tertiary/aromatic N) is 4. The lowest BCUT2D eigenvalue weighted by Crippen LogP contribution is -2.42. The molecule has 0 radical (unpaired) electrons. The molecular weight excluding hydrogens is 457 g/mol. The first kappa shape index (κ1) is 24.6. The maximum atomic E-state index is 14.7. The number of amides is 1. The van der Waals surface area contributed by atoms with Crippen LogP contribution in [0, 0.1) is 11.7 Å². The molecule has 34 heavy (non-hydrogen) atoms. The number of nitrogens with one attached hydrogen (secondary N) is 1. The molecule has 1 saturated carbocycles. The minimum absolute atomic E-state index is 0.0223. The zero-order chi connectivity index (χ0) is 24.1. The third-order valence-electron chi connectivity index (χ3n) is 6.37. The van der Waals surface area contributed by atoms with Gasteiger partial charge in [-0.25, -0.2) is 9.87 Å². The predicted molar refractivity (Wildman–Crippen MR) is 128 cm³/mol. The lowest BCUT2D eigenvalue weighted by Gasteiger charge is -2.37. The van der Waals surface area contributed by atoms with Crippen LogP contribution in [0.5, 0.6) is 0 Å². The van der Waals surface area contributed by atoms with E-state index in [2.05, 4.69) is 15.2 Å². The summed E-state index contributed by atoms with van der Waals surface area (Å²) in [5, 5.41) is 16.9. The number of hydrogen-bond donors (Lipinski definition) is 3. The monoisotopic (exact) mass is 487 g/mol. The Kier molecular flexibility index (Phi) is 8.12. The van der Waals surface area contributed by atoms with Crippen molar-refractivity contribution in [3.8, 4) is 0 Å². The molecule has 0 bridgehead atoms. The molecule has 10 heteroatoms. The van der Waals surface area contributed by atoms with Crippen LogP contribution in [0.4, 0.5) is 4.39 Å². The minimum Gasteiger partial charge on any atom is -0.297 e. The van der Waals surface area contributed by atoms with Crippen LogP contribution in [-0.4, -0.2) is 55.1 Å². The van der Waals surface area contributed by atoms with E-state index in [-0.39, 0.29) is 29.2 Å². The molecule has 2 heterocycles. The Labute approximate surface area is 203 Å². The standard InChI is InChI=1S/C24H30FN5O3S/c25-20-6-2-1-5-19(20)23(24(32)16-8-9-16)29-12-10-21(34)17(14-29)13-18-15-30(28-26-18)11-4-3-7-22(31)27-33/h1-2,5-6,13,15-16,21,23,33-34H,3-4,7-12,14H2,(H,27,31). The van der Waals surface area contributed by atoms with Crippen LogP contribution in [0.2, 0.25) is 0 Å². The van der Waals surface area contributed by atoms with Crippen LogP contribution >= 0.6 is 12.6 Å². The van der Waals surface area contributed by atoms with Crippen molar-refractivity contribution in [1.29, 1.82) is 0 Å². The number of halogens is 1. The van der Waals surface area contributed by atoms with Gasteiger partial charge < -0.3 is 0 Å². The van der Waals surface area contributed by atoms with Crippen molar-refractivity contribution < 1.29 is 19.2 Å². The average Bonchev–Trinajstić information content (AvgIpc) is 3.60. The molecule has 1 amide bonds. The van der Waals surface area contributed by atoms with Crippen LogP contribution in [0.1, 0.15) is 55.8 Å². The third-order valence-corrected chi connectivity index (χ3v) is 6.96. The van der Waals surface area contributed by atoms with Crippen LogP contribution in [0.3, 0.4) is 0 Å². The predicted octanol–water partition coefficient (Wildman–Crippen LogP) is 3.20. The summed E-state index contributed by atoms with van der Waals surface area (Å²) >= 11 is 4.74. The highest BCUT2D eigenvalue weighted by Gasteiger charge is 2.40. The van der Waals surface area contributed by atoms with E-state index in [9.17, 15) is 14.0 Å². The molecule has 2 N–H and O–H groups in total. The Morgan fingerprint density at radius 3 is 2.79 bits per heavy atom. The Morgan fingerprint density at radius 2 is 2.06 bits per heavy atom. The number of hydrogen-bond acceptors (Lipinski definition) is 7. The lowest BCUT2D eigenvalue weighted by atomic mass is 9.93. The van der Waals surface area contributed by atoms with Gasteiger partial charge in [0, 0.05) is 42.8 Å². The maximum absolute atomic E-state index is 14.7. The van der Waals surface area contributed by atoms with Crippen molar-refractivity contribution >= 4 is 30.4 Å². The number of Topliss-reactive ketones (excluding diaryl/α,β-unsaturated/α-hetero) is 1. The summed E-state index contributed by atoms with van der Waals surface area (Å²) in [6.07, 6.45) is 7.90. The summed E-state index contributed by atoms with van der Waals surface area (Å²) in [5.41, 5.74) is 3.78. The van der Waals surface area contributed by atoms with E-state index in [1.165, 1.54) is 6.07 Å². The van der Waals surface area contributed by atoms with Crippen LogP contribution < -0.4 is 5.48 Å². The fraction of sp³-hybridized carbons (Fsp3) is 0.500. The minimum atomic E-state index is -0.593. The first-order valence-corrected chi connectivity index (χ1v) is 12.2.